The molecule has 0 aliphatic carbocycles. The van der Waals surface area contributed by atoms with E-state index in [0.29, 0.717) is 49.8 Å². The molecule has 158 valence electrons. The van der Waals surface area contributed by atoms with Crippen LogP contribution in [0.1, 0.15) is 11.3 Å². The lowest BCUT2D eigenvalue weighted by Crippen LogP contribution is -2.48. The maximum Gasteiger partial charge on any atom is 0.258 e. The Morgan fingerprint density at radius 3 is 2.43 bits per heavy atom. The van der Waals surface area contributed by atoms with Gasteiger partial charge in [0.2, 0.25) is 10.0 Å². The summed E-state index contributed by atoms with van der Waals surface area (Å²) in [5.74, 6) is 0.618. The van der Waals surface area contributed by atoms with Crippen molar-refractivity contribution in [3.05, 3.63) is 70.3 Å². The van der Waals surface area contributed by atoms with Gasteiger partial charge in [-0.3, -0.25) is 14.1 Å². The zero-order valence-electron chi connectivity index (χ0n) is 17.0. The number of hydrogen-bond acceptors (Lipinski definition) is 6. The third-order valence-corrected chi connectivity index (χ3v) is 7.27. The average molecular weight is 429 g/mol. The standard InChI is InChI=1S/C21H24N4O4S/c1-16-4-3-9-25-20(26)14-17(22-21(16)25)15-23-10-12-24(13-11-23)30(27,28)19-7-5-18(29-2)6-8-19/h3-9,14H,10-13,15H2,1-2H3. The summed E-state index contributed by atoms with van der Waals surface area (Å²) in [4.78, 5) is 19.4. The number of nitrogens with zero attached hydrogens (tertiary/aromatic N) is 4. The molecule has 0 radical (unpaired) electrons. The number of methoxy groups -OCH3 is 1. The highest BCUT2D eigenvalue weighted by atomic mass is 32.2. The molecule has 0 unspecified atom stereocenters. The molecule has 4 rings (SSSR count). The van der Waals surface area contributed by atoms with E-state index in [-0.39, 0.29) is 10.5 Å². The van der Waals surface area contributed by atoms with E-state index >= 15 is 0 Å². The Labute approximate surface area is 175 Å². The van der Waals surface area contributed by atoms with Gasteiger partial charge >= 0.3 is 0 Å². The van der Waals surface area contributed by atoms with Gasteiger partial charge < -0.3 is 4.74 Å². The highest BCUT2D eigenvalue weighted by Crippen LogP contribution is 2.21. The zero-order chi connectivity index (χ0) is 21.3. The number of rotatable bonds is 5. The summed E-state index contributed by atoms with van der Waals surface area (Å²) >= 11 is 0. The number of pyridine rings is 1. The third-order valence-electron chi connectivity index (χ3n) is 5.35. The van der Waals surface area contributed by atoms with Crippen LogP contribution >= 0.6 is 0 Å². The number of hydrogen-bond donors (Lipinski definition) is 0. The second-order valence-corrected chi connectivity index (χ2v) is 9.26. The Balaban J connectivity index is 1.45. The van der Waals surface area contributed by atoms with E-state index in [4.69, 9.17) is 4.74 Å². The molecule has 0 N–H and O–H groups in total. The van der Waals surface area contributed by atoms with Crippen LogP contribution in [-0.2, 0) is 16.6 Å². The quantitative estimate of drug-likeness (QED) is 0.613. The van der Waals surface area contributed by atoms with Gasteiger partial charge in [0.25, 0.3) is 5.56 Å². The number of aromatic nitrogens is 2. The molecule has 0 bridgehead atoms. The smallest absolute Gasteiger partial charge is 0.258 e. The van der Waals surface area contributed by atoms with Gasteiger partial charge in [-0.25, -0.2) is 13.4 Å². The van der Waals surface area contributed by atoms with Crippen molar-refractivity contribution in [3.8, 4) is 5.75 Å². The second kappa shape index (κ2) is 8.17. The van der Waals surface area contributed by atoms with Crippen LogP contribution in [0, 0.1) is 6.92 Å². The number of piperazine rings is 1. The summed E-state index contributed by atoms with van der Waals surface area (Å²) in [7, 11) is -2.00. The topological polar surface area (TPSA) is 84.2 Å². The molecule has 0 atom stereocenters. The lowest BCUT2D eigenvalue weighted by Gasteiger charge is -2.33. The largest absolute Gasteiger partial charge is 0.497 e. The van der Waals surface area contributed by atoms with Gasteiger partial charge in [-0.15, -0.1) is 0 Å². The Hall–Kier alpha value is -2.75. The maximum atomic E-state index is 12.9. The fraction of sp³-hybridized carbons (Fsp3) is 0.333. The van der Waals surface area contributed by atoms with Crippen LogP contribution in [0.25, 0.3) is 5.65 Å². The molecule has 30 heavy (non-hydrogen) atoms. The van der Waals surface area contributed by atoms with Crippen LogP contribution in [0.15, 0.2) is 58.4 Å². The predicted octanol–water partition coefficient (Wildman–Crippen LogP) is 1.52. The number of fused-ring (bicyclic) bond motifs is 1. The first-order chi connectivity index (χ1) is 14.4. The first-order valence-electron chi connectivity index (χ1n) is 9.73. The van der Waals surface area contributed by atoms with Crippen LogP contribution in [0.2, 0.25) is 0 Å². The first-order valence-corrected chi connectivity index (χ1v) is 11.2. The van der Waals surface area contributed by atoms with Crippen molar-refractivity contribution in [1.29, 1.82) is 0 Å². The van der Waals surface area contributed by atoms with E-state index in [1.807, 2.05) is 19.1 Å². The van der Waals surface area contributed by atoms with Crippen molar-refractivity contribution >= 4 is 15.7 Å². The minimum atomic E-state index is -3.54. The molecule has 1 aliphatic heterocycles. The third kappa shape index (κ3) is 3.96. The summed E-state index contributed by atoms with van der Waals surface area (Å²) in [6, 6.07) is 11.7. The van der Waals surface area contributed by atoms with Gasteiger partial charge in [-0.1, -0.05) is 6.07 Å². The average Bonchev–Trinajstić information content (AvgIpc) is 2.75. The molecule has 1 saturated heterocycles. The summed E-state index contributed by atoms with van der Waals surface area (Å²) in [6.45, 7) is 4.36. The maximum absolute atomic E-state index is 12.9. The van der Waals surface area contributed by atoms with E-state index in [0.717, 1.165) is 5.56 Å². The van der Waals surface area contributed by atoms with Gasteiger partial charge in [0, 0.05) is 45.0 Å². The molecule has 0 amide bonds. The minimum Gasteiger partial charge on any atom is -0.497 e. The summed E-state index contributed by atoms with van der Waals surface area (Å²) in [5, 5.41) is 0. The highest BCUT2D eigenvalue weighted by molar-refractivity contribution is 7.89. The van der Waals surface area contributed by atoms with Crippen molar-refractivity contribution in [2.75, 3.05) is 33.3 Å². The molecule has 2 aromatic heterocycles. The molecule has 3 aromatic rings. The molecule has 1 fully saturated rings. The fourth-order valence-electron chi connectivity index (χ4n) is 3.64. The first kappa shape index (κ1) is 20.5. The highest BCUT2D eigenvalue weighted by Gasteiger charge is 2.28. The van der Waals surface area contributed by atoms with E-state index in [1.54, 1.807) is 43.6 Å². The molecule has 3 heterocycles. The number of aryl methyl sites for hydroxylation is 1. The van der Waals surface area contributed by atoms with E-state index in [1.165, 1.54) is 8.71 Å². The number of ether oxygens (including phenoxy) is 1. The summed E-state index contributed by atoms with van der Waals surface area (Å²) in [5.41, 5.74) is 2.17. The normalized spacial score (nSPS) is 16.1. The van der Waals surface area contributed by atoms with Crippen LogP contribution in [0.3, 0.4) is 0 Å². The molecule has 0 saturated carbocycles. The zero-order valence-corrected chi connectivity index (χ0v) is 17.8. The molecule has 1 aliphatic rings. The van der Waals surface area contributed by atoms with E-state index in [2.05, 4.69) is 9.88 Å². The molecule has 1 aromatic carbocycles. The summed E-state index contributed by atoms with van der Waals surface area (Å²) < 4.78 is 33.9. The molecule has 8 nitrogen and oxygen atoms in total. The Morgan fingerprint density at radius 1 is 1.07 bits per heavy atom. The number of benzene rings is 1. The molecular weight excluding hydrogens is 404 g/mol. The molecule has 9 heteroatoms. The number of sulfonamides is 1. The van der Waals surface area contributed by atoms with Gasteiger partial charge in [0.1, 0.15) is 11.4 Å². The van der Waals surface area contributed by atoms with Crippen LogP contribution < -0.4 is 10.3 Å². The van der Waals surface area contributed by atoms with Crippen molar-refractivity contribution in [3.63, 3.8) is 0 Å². The lowest BCUT2D eigenvalue weighted by atomic mass is 10.2. The van der Waals surface area contributed by atoms with Crippen LogP contribution in [-0.4, -0.2) is 60.3 Å². The Bertz CT molecular complexity index is 1210. The van der Waals surface area contributed by atoms with Crippen molar-refractivity contribution in [1.82, 2.24) is 18.6 Å². The van der Waals surface area contributed by atoms with E-state index < -0.39 is 10.0 Å². The fourth-order valence-corrected chi connectivity index (χ4v) is 5.07. The molecule has 0 spiro atoms. The van der Waals surface area contributed by atoms with Crippen molar-refractivity contribution in [2.24, 2.45) is 0 Å². The van der Waals surface area contributed by atoms with E-state index in [9.17, 15) is 13.2 Å². The van der Waals surface area contributed by atoms with Crippen molar-refractivity contribution in [2.45, 2.75) is 18.4 Å². The SMILES string of the molecule is COc1ccc(S(=O)(=O)N2CCN(Cc3cc(=O)n4cccc(C)c4n3)CC2)cc1. The Kier molecular flexibility index (Phi) is 5.59. The Morgan fingerprint density at radius 2 is 1.77 bits per heavy atom. The van der Waals surface area contributed by atoms with Gasteiger partial charge in [0.15, 0.2) is 0 Å². The lowest BCUT2D eigenvalue weighted by molar-refractivity contribution is 0.180. The predicted molar refractivity (Wildman–Crippen MR) is 113 cm³/mol. The monoisotopic (exact) mass is 428 g/mol. The van der Waals surface area contributed by atoms with Crippen molar-refractivity contribution < 1.29 is 13.2 Å². The van der Waals surface area contributed by atoms with Gasteiger partial charge in [-0.05, 0) is 42.8 Å². The minimum absolute atomic E-state index is 0.112. The van der Waals surface area contributed by atoms with Gasteiger partial charge in [0.05, 0.1) is 17.7 Å². The van der Waals surface area contributed by atoms with Crippen LogP contribution in [0.5, 0.6) is 5.75 Å². The second-order valence-electron chi connectivity index (χ2n) is 7.33. The van der Waals surface area contributed by atoms with Gasteiger partial charge in [-0.2, -0.15) is 4.31 Å². The summed E-state index contributed by atoms with van der Waals surface area (Å²) in [6.07, 6.45) is 1.71. The van der Waals surface area contributed by atoms with Crippen LogP contribution in [0.4, 0.5) is 0 Å². The molecular formula is C21H24N4O4S.